The van der Waals surface area contributed by atoms with E-state index in [-0.39, 0.29) is 6.04 Å². The van der Waals surface area contributed by atoms with E-state index in [0.29, 0.717) is 19.8 Å². The molecule has 1 heterocycles. The summed E-state index contributed by atoms with van der Waals surface area (Å²) in [6.45, 7) is 3.77. The van der Waals surface area contributed by atoms with Crippen LogP contribution in [0, 0.1) is 0 Å². The maximum Gasteiger partial charge on any atom is 0.161 e. The summed E-state index contributed by atoms with van der Waals surface area (Å²) in [5.41, 5.74) is 8.14. The first-order chi connectivity index (χ1) is 8.20. The van der Waals surface area contributed by atoms with Crippen molar-refractivity contribution in [3.8, 4) is 11.5 Å². The van der Waals surface area contributed by atoms with Crippen LogP contribution in [-0.2, 0) is 17.8 Å². The van der Waals surface area contributed by atoms with Gasteiger partial charge in [-0.15, -0.1) is 0 Å². The van der Waals surface area contributed by atoms with Gasteiger partial charge in [0.05, 0.1) is 6.61 Å². The molecule has 1 aromatic carbocycles. The average Bonchev–Trinajstić information content (AvgIpc) is 2.29. The third-order valence-corrected chi connectivity index (χ3v) is 2.71. The van der Waals surface area contributed by atoms with E-state index in [1.165, 1.54) is 5.56 Å². The van der Waals surface area contributed by atoms with Crippen LogP contribution in [0.4, 0.5) is 0 Å². The summed E-state index contributed by atoms with van der Waals surface area (Å²) in [6.07, 6.45) is 0.815. The van der Waals surface area contributed by atoms with E-state index in [9.17, 15) is 0 Å². The summed E-state index contributed by atoms with van der Waals surface area (Å²) in [6, 6.07) is 4.13. The van der Waals surface area contributed by atoms with E-state index < -0.39 is 0 Å². The Morgan fingerprint density at radius 2 is 1.82 bits per heavy atom. The number of methoxy groups -OCH3 is 1. The quantitative estimate of drug-likeness (QED) is 0.862. The third-order valence-electron chi connectivity index (χ3n) is 2.71. The number of rotatable bonds is 4. The van der Waals surface area contributed by atoms with E-state index in [4.69, 9.17) is 19.9 Å². The summed E-state index contributed by atoms with van der Waals surface area (Å²) >= 11 is 0. The third kappa shape index (κ3) is 2.90. The van der Waals surface area contributed by atoms with Gasteiger partial charge in [-0.05, 0) is 36.6 Å². The highest BCUT2D eigenvalue weighted by molar-refractivity contribution is 5.48. The largest absolute Gasteiger partial charge is 0.486 e. The number of hydrogen-bond donors (Lipinski definition) is 1. The molecule has 1 aliphatic rings. The maximum atomic E-state index is 5.85. The van der Waals surface area contributed by atoms with Crippen LogP contribution in [0.5, 0.6) is 11.5 Å². The molecule has 94 valence electrons. The van der Waals surface area contributed by atoms with Crippen LogP contribution in [-0.4, -0.2) is 26.4 Å². The van der Waals surface area contributed by atoms with Gasteiger partial charge in [0, 0.05) is 13.2 Å². The Labute approximate surface area is 102 Å². The van der Waals surface area contributed by atoms with Gasteiger partial charge in [-0.25, -0.2) is 0 Å². The zero-order chi connectivity index (χ0) is 12.3. The van der Waals surface area contributed by atoms with Gasteiger partial charge < -0.3 is 19.9 Å². The molecule has 0 aliphatic carbocycles. The van der Waals surface area contributed by atoms with E-state index in [0.717, 1.165) is 23.5 Å². The number of ether oxygens (including phenoxy) is 3. The standard InChI is InChI=1S/C13H19NO3/c1-9(14)5-10-6-12-13(17-4-3-16-12)7-11(10)8-15-2/h6-7,9H,3-5,8,14H2,1-2H3. The van der Waals surface area contributed by atoms with Crippen molar-refractivity contribution in [2.24, 2.45) is 5.73 Å². The van der Waals surface area contributed by atoms with Crippen molar-refractivity contribution in [2.75, 3.05) is 20.3 Å². The fourth-order valence-corrected chi connectivity index (χ4v) is 2.00. The fourth-order valence-electron chi connectivity index (χ4n) is 2.00. The van der Waals surface area contributed by atoms with Gasteiger partial charge in [-0.2, -0.15) is 0 Å². The highest BCUT2D eigenvalue weighted by Crippen LogP contribution is 2.33. The van der Waals surface area contributed by atoms with Gasteiger partial charge in [0.1, 0.15) is 13.2 Å². The molecule has 1 aliphatic heterocycles. The van der Waals surface area contributed by atoms with Crippen molar-refractivity contribution in [3.05, 3.63) is 23.3 Å². The molecule has 0 saturated heterocycles. The predicted molar refractivity (Wildman–Crippen MR) is 65.5 cm³/mol. The van der Waals surface area contributed by atoms with Crippen LogP contribution in [0.25, 0.3) is 0 Å². The summed E-state index contributed by atoms with van der Waals surface area (Å²) in [4.78, 5) is 0. The maximum absolute atomic E-state index is 5.85. The Balaban J connectivity index is 2.33. The molecule has 2 rings (SSSR count). The molecule has 1 aromatic rings. The normalized spacial score (nSPS) is 15.7. The van der Waals surface area contributed by atoms with Gasteiger partial charge in [-0.1, -0.05) is 0 Å². The predicted octanol–water partition coefficient (Wildman–Crippen LogP) is 1.49. The van der Waals surface area contributed by atoms with Crippen LogP contribution in [0.3, 0.4) is 0 Å². The highest BCUT2D eigenvalue weighted by Gasteiger charge is 2.16. The lowest BCUT2D eigenvalue weighted by atomic mass is 10.0. The second-order valence-electron chi connectivity index (χ2n) is 4.38. The van der Waals surface area contributed by atoms with Crippen LogP contribution < -0.4 is 15.2 Å². The Morgan fingerprint density at radius 3 is 2.35 bits per heavy atom. The van der Waals surface area contributed by atoms with Crippen LogP contribution >= 0.6 is 0 Å². The summed E-state index contributed by atoms with van der Waals surface area (Å²) in [5.74, 6) is 1.61. The first-order valence-electron chi connectivity index (χ1n) is 5.86. The van der Waals surface area contributed by atoms with E-state index in [2.05, 4.69) is 0 Å². The molecular formula is C13H19NO3. The first-order valence-corrected chi connectivity index (χ1v) is 5.86. The average molecular weight is 237 g/mol. The molecular weight excluding hydrogens is 218 g/mol. The zero-order valence-corrected chi connectivity index (χ0v) is 10.4. The van der Waals surface area contributed by atoms with Crippen molar-refractivity contribution in [1.82, 2.24) is 0 Å². The molecule has 1 unspecified atom stereocenters. The fraction of sp³-hybridized carbons (Fsp3) is 0.538. The first kappa shape index (κ1) is 12.2. The van der Waals surface area contributed by atoms with Crippen molar-refractivity contribution >= 4 is 0 Å². The lowest BCUT2D eigenvalue weighted by Crippen LogP contribution is -2.20. The molecule has 0 spiro atoms. The Kier molecular flexibility index (Phi) is 3.86. The van der Waals surface area contributed by atoms with Crippen LogP contribution in [0.1, 0.15) is 18.1 Å². The monoisotopic (exact) mass is 237 g/mol. The van der Waals surface area contributed by atoms with Gasteiger partial charge in [-0.3, -0.25) is 0 Å². The number of fused-ring (bicyclic) bond motifs is 1. The smallest absolute Gasteiger partial charge is 0.161 e. The number of benzene rings is 1. The van der Waals surface area contributed by atoms with Crippen molar-refractivity contribution in [1.29, 1.82) is 0 Å². The van der Waals surface area contributed by atoms with Crippen molar-refractivity contribution in [3.63, 3.8) is 0 Å². The second-order valence-corrected chi connectivity index (χ2v) is 4.38. The molecule has 0 saturated carbocycles. The molecule has 0 fully saturated rings. The van der Waals surface area contributed by atoms with Crippen LogP contribution in [0.2, 0.25) is 0 Å². The topological polar surface area (TPSA) is 53.7 Å². The second kappa shape index (κ2) is 5.38. The summed E-state index contributed by atoms with van der Waals surface area (Å²) in [5, 5.41) is 0. The molecule has 0 bridgehead atoms. The van der Waals surface area contributed by atoms with E-state index in [1.54, 1.807) is 7.11 Å². The molecule has 17 heavy (non-hydrogen) atoms. The molecule has 2 N–H and O–H groups in total. The summed E-state index contributed by atoms with van der Waals surface area (Å²) < 4.78 is 16.3. The number of hydrogen-bond acceptors (Lipinski definition) is 4. The minimum absolute atomic E-state index is 0.119. The molecule has 4 nitrogen and oxygen atoms in total. The van der Waals surface area contributed by atoms with E-state index in [1.807, 2.05) is 19.1 Å². The SMILES string of the molecule is COCc1cc2c(cc1CC(C)N)OCCO2. The molecule has 0 radical (unpaired) electrons. The Bertz CT molecular complexity index is 390. The Hall–Kier alpha value is -1.26. The van der Waals surface area contributed by atoms with Gasteiger partial charge in [0.15, 0.2) is 11.5 Å². The summed E-state index contributed by atoms with van der Waals surface area (Å²) in [7, 11) is 1.69. The molecule has 4 heteroatoms. The minimum Gasteiger partial charge on any atom is -0.486 e. The van der Waals surface area contributed by atoms with Crippen LogP contribution in [0.15, 0.2) is 12.1 Å². The van der Waals surface area contributed by atoms with Gasteiger partial charge in [0.25, 0.3) is 0 Å². The number of nitrogens with two attached hydrogens (primary N) is 1. The van der Waals surface area contributed by atoms with Crippen molar-refractivity contribution < 1.29 is 14.2 Å². The highest BCUT2D eigenvalue weighted by atomic mass is 16.6. The lowest BCUT2D eigenvalue weighted by molar-refractivity contribution is 0.167. The van der Waals surface area contributed by atoms with Gasteiger partial charge in [0.2, 0.25) is 0 Å². The lowest BCUT2D eigenvalue weighted by Gasteiger charge is -2.21. The molecule has 1 atom stereocenters. The Morgan fingerprint density at radius 1 is 1.24 bits per heavy atom. The minimum atomic E-state index is 0.119. The zero-order valence-electron chi connectivity index (χ0n) is 10.4. The van der Waals surface area contributed by atoms with Crippen molar-refractivity contribution in [2.45, 2.75) is 26.0 Å². The van der Waals surface area contributed by atoms with Gasteiger partial charge >= 0.3 is 0 Å². The molecule has 0 aromatic heterocycles. The molecule has 0 amide bonds. The van der Waals surface area contributed by atoms with E-state index >= 15 is 0 Å².